The molecular formula is C22H24ClN3O. The van der Waals surface area contributed by atoms with Gasteiger partial charge in [0.1, 0.15) is 0 Å². The van der Waals surface area contributed by atoms with Crippen molar-refractivity contribution in [2.45, 2.75) is 33.2 Å². The van der Waals surface area contributed by atoms with Crippen LogP contribution in [0.1, 0.15) is 49.2 Å². The molecule has 1 aliphatic heterocycles. The second-order valence-corrected chi connectivity index (χ2v) is 7.65. The van der Waals surface area contributed by atoms with E-state index in [1.54, 1.807) is 30.5 Å². The summed E-state index contributed by atoms with van der Waals surface area (Å²) < 4.78 is 0. The van der Waals surface area contributed by atoms with E-state index in [9.17, 15) is 4.79 Å². The Morgan fingerprint density at radius 3 is 2.74 bits per heavy atom. The fourth-order valence-electron chi connectivity index (χ4n) is 3.62. The van der Waals surface area contributed by atoms with Crippen LogP contribution in [0.2, 0.25) is 5.02 Å². The summed E-state index contributed by atoms with van der Waals surface area (Å²) in [6, 6.07) is 13.0. The molecule has 27 heavy (non-hydrogen) atoms. The molecule has 0 unspecified atom stereocenters. The van der Waals surface area contributed by atoms with Crippen LogP contribution in [-0.4, -0.2) is 24.2 Å². The van der Waals surface area contributed by atoms with E-state index in [1.165, 1.54) is 16.8 Å². The average molecular weight is 382 g/mol. The molecule has 0 saturated carbocycles. The summed E-state index contributed by atoms with van der Waals surface area (Å²) in [6.07, 6.45) is 3.95. The summed E-state index contributed by atoms with van der Waals surface area (Å²) in [6.45, 7) is 9.69. The van der Waals surface area contributed by atoms with Crippen molar-refractivity contribution in [3.8, 4) is 0 Å². The van der Waals surface area contributed by atoms with Crippen molar-refractivity contribution in [1.29, 1.82) is 0 Å². The van der Waals surface area contributed by atoms with E-state index in [4.69, 9.17) is 11.6 Å². The predicted octanol–water partition coefficient (Wildman–Crippen LogP) is 5.13. The first-order valence-corrected chi connectivity index (χ1v) is 9.40. The van der Waals surface area contributed by atoms with Crippen molar-refractivity contribution in [3.05, 3.63) is 70.3 Å². The number of likely N-dealkylation sites (N-methyl/N-ethyl adjacent to an activating group) is 1. The molecule has 4 nitrogen and oxygen atoms in total. The molecule has 1 aliphatic rings. The lowest BCUT2D eigenvalue weighted by atomic mass is 9.88. The van der Waals surface area contributed by atoms with E-state index < -0.39 is 0 Å². The molecule has 2 aromatic carbocycles. The van der Waals surface area contributed by atoms with Crippen LogP contribution in [0.5, 0.6) is 0 Å². The van der Waals surface area contributed by atoms with Gasteiger partial charge in [0.05, 0.1) is 11.8 Å². The third-order valence-electron chi connectivity index (χ3n) is 4.78. The Morgan fingerprint density at radius 1 is 1.26 bits per heavy atom. The van der Waals surface area contributed by atoms with Gasteiger partial charge in [-0.2, -0.15) is 5.10 Å². The molecule has 1 N–H and O–H groups in total. The minimum atomic E-state index is -0.290. The molecule has 5 heteroatoms. The minimum absolute atomic E-state index is 0.00757. The fourth-order valence-corrected chi connectivity index (χ4v) is 3.81. The summed E-state index contributed by atoms with van der Waals surface area (Å²) >= 11 is 5.92. The first-order chi connectivity index (χ1) is 12.8. The van der Waals surface area contributed by atoms with Crippen LogP contribution in [0, 0.1) is 0 Å². The number of carbonyl (C=O) groups excluding carboxylic acids is 1. The number of carbonyl (C=O) groups is 1. The van der Waals surface area contributed by atoms with Crippen LogP contribution >= 0.6 is 11.6 Å². The van der Waals surface area contributed by atoms with Gasteiger partial charge in [0, 0.05) is 28.4 Å². The van der Waals surface area contributed by atoms with Gasteiger partial charge in [0.2, 0.25) is 0 Å². The molecule has 0 radical (unpaired) electrons. The maximum Gasteiger partial charge on any atom is 0.271 e. The average Bonchev–Trinajstić information content (AvgIpc) is 2.61. The zero-order valence-electron chi connectivity index (χ0n) is 16.1. The molecule has 0 fully saturated rings. The lowest BCUT2D eigenvalue weighted by Crippen LogP contribution is -2.44. The summed E-state index contributed by atoms with van der Waals surface area (Å²) in [7, 11) is 0. The van der Waals surface area contributed by atoms with Crippen LogP contribution < -0.4 is 10.3 Å². The summed E-state index contributed by atoms with van der Waals surface area (Å²) in [5.41, 5.74) is 7.62. The maximum absolute atomic E-state index is 12.1. The van der Waals surface area contributed by atoms with Crippen LogP contribution in [0.15, 0.2) is 53.6 Å². The first kappa shape index (κ1) is 19.2. The molecule has 1 amide bonds. The zero-order valence-corrected chi connectivity index (χ0v) is 16.8. The van der Waals surface area contributed by atoms with Gasteiger partial charge in [0.15, 0.2) is 0 Å². The number of anilines is 1. The van der Waals surface area contributed by atoms with Crippen molar-refractivity contribution in [2.24, 2.45) is 5.10 Å². The van der Waals surface area contributed by atoms with E-state index in [1.807, 2.05) is 6.07 Å². The Hall–Kier alpha value is -2.59. The molecular weight excluding hydrogens is 358 g/mol. The van der Waals surface area contributed by atoms with Crippen LogP contribution in [0.25, 0.3) is 5.57 Å². The third-order valence-corrected chi connectivity index (χ3v) is 5.02. The number of rotatable bonds is 4. The molecule has 3 rings (SSSR count). The van der Waals surface area contributed by atoms with Gasteiger partial charge in [-0.1, -0.05) is 29.8 Å². The summed E-state index contributed by atoms with van der Waals surface area (Å²) in [4.78, 5) is 14.5. The lowest BCUT2D eigenvalue weighted by Gasteiger charge is -2.42. The number of halogens is 1. The first-order valence-electron chi connectivity index (χ1n) is 9.02. The lowest BCUT2D eigenvalue weighted by molar-refractivity contribution is 0.0955. The van der Waals surface area contributed by atoms with Gasteiger partial charge in [0.25, 0.3) is 5.91 Å². The maximum atomic E-state index is 12.1. The summed E-state index contributed by atoms with van der Waals surface area (Å²) in [5.74, 6) is -0.290. The fraction of sp³-hybridized carbons (Fsp3) is 0.273. The number of hydrazone groups is 1. The SMILES string of the molecule is CCN1c2ccc(/C=N/NC(=O)c3cccc(Cl)c3)cc2C(C)=CC1(C)C. The number of hydrogen-bond acceptors (Lipinski definition) is 3. The molecule has 0 atom stereocenters. The van der Waals surface area contributed by atoms with Crippen molar-refractivity contribution >= 4 is 35.0 Å². The smallest absolute Gasteiger partial charge is 0.271 e. The number of allylic oxidation sites excluding steroid dienone is 1. The Morgan fingerprint density at radius 2 is 2.04 bits per heavy atom. The van der Waals surface area contributed by atoms with Crippen molar-refractivity contribution in [3.63, 3.8) is 0 Å². The zero-order chi connectivity index (χ0) is 19.6. The molecule has 0 aliphatic carbocycles. The van der Waals surface area contributed by atoms with Crippen LogP contribution in [0.3, 0.4) is 0 Å². The van der Waals surface area contributed by atoms with E-state index in [0.29, 0.717) is 10.6 Å². The summed E-state index contributed by atoms with van der Waals surface area (Å²) in [5, 5.41) is 4.61. The number of nitrogens with one attached hydrogen (secondary N) is 1. The van der Waals surface area contributed by atoms with Gasteiger partial charge in [-0.25, -0.2) is 5.43 Å². The quantitative estimate of drug-likeness (QED) is 0.589. The normalized spacial score (nSPS) is 15.4. The highest BCUT2D eigenvalue weighted by Gasteiger charge is 2.29. The van der Waals surface area contributed by atoms with E-state index in [0.717, 1.165) is 12.1 Å². The van der Waals surface area contributed by atoms with E-state index in [-0.39, 0.29) is 11.4 Å². The Bertz CT molecular complexity index is 931. The molecule has 0 saturated heterocycles. The standard InChI is InChI=1S/C22H24ClN3O/c1-5-26-20-10-9-16(11-19(20)15(2)13-22(26,3)4)14-24-25-21(27)17-7-6-8-18(23)12-17/h6-14H,5H2,1-4H3,(H,25,27)/b24-14+. The van der Waals surface area contributed by atoms with Gasteiger partial charge < -0.3 is 4.90 Å². The van der Waals surface area contributed by atoms with Crippen LogP contribution in [-0.2, 0) is 0 Å². The van der Waals surface area contributed by atoms with Crippen LogP contribution in [0.4, 0.5) is 5.69 Å². The molecule has 2 aromatic rings. The number of hydrogen-bond donors (Lipinski definition) is 1. The largest absolute Gasteiger partial charge is 0.363 e. The third kappa shape index (κ3) is 4.06. The number of amides is 1. The van der Waals surface area contributed by atoms with Gasteiger partial charge in [-0.05, 0) is 69.2 Å². The van der Waals surface area contributed by atoms with Gasteiger partial charge in [-0.15, -0.1) is 0 Å². The van der Waals surface area contributed by atoms with Crippen molar-refractivity contribution < 1.29 is 4.79 Å². The molecule has 0 bridgehead atoms. The van der Waals surface area contributed by atoms with Crippen molar-refractivity contribution in [2.75, 3.05) is 11.4 Å². The molecule has 1 heterocycles. The number of benzene rings is 2. The molecule has 140 valence electrons. The number of nitrogens with zero attached hydrogens (tertiary/aromatic N) is 2. The van der Waals surface area contributed by atoms with Crippen molar-refractivity contribution in [1.82, 2.24) is 5.43 Å². The van der Waals surface area contributed by atoms with E-state index >= 15 is 0 Å². The minimum Gasteiger partial charge on any atom is -0.363 e. The Labute approximate surface area is 165 Å². The monoisotopic (exact) mass is 381 g/mol. The molecule has 0 aromatic heterocycles. The van der Waals surface area contributed by atoms with Gasteiger partial charge >= 0.3 is 0 Å². The van der Waals surface area contributed by atoms with E-state index in [2.05, 4.69) is 61.3 Å². The second kappa shape index (κ2) is 7.57. The second-order valence-electron chi connectivity index (χ2n) is 7.21. The van der Waals surface area contributed by atoms with Gasteiger partial charge in [-0.3, -0.25) is 4.79 Å². The number of fused-ring (bicyclic) bond motifs is 1. The highest BCUT2D eigenvalue weighted by Crippen LogP contribution is 2.38. The predicted molar refractivity (Wildman–Crippen MR) is 114 cm³/mol. The topological polar surface area (TPSA) is 44.7 Å². The Balaban J connectivity index is 1.79. The Kier molecular flexibility index (Phi) is 5.38. The highest BCUT2D eigenvalue weighted by molar-refractivity contribution is 6.30. The highest BCUT2D eigenvalue weighted by atomic mass is 35.5. The molecule has 0 spiro atoms.